The molecule has 0 unspecified atom stereocenters. The summed E-state index contributed by atoms with van der Waals surface area (Å²) in [6, 6.07) is 17.3. The van der Waals surface area contributed by atoms with Crippen LogP contribution in [-0.4, -0.2) is 21.0 Å². The maximum absolute atomic E-state index is 13.3. The van der Waals surface area contributed by atoms with Crippen LogP contribution in [0.5, 0.6) is 0 Å². The number of hydrogen-bond acceptors (Lipinski definition) is 4. The van der Waals surface area contributed by atoms with E-state index in [-0.39, 0.29) is 0 Å². The molecule has 4 nitrogen and oxygen atoms in total. The molecule has 0 radical (unpaired) electrons. The molecule has 0 fully saturated rings. The Morgan fingerprint density at radius 2 is 1.30 bits per heavy atom. The molecule has 2 rings (SSSR count). The lowest BCUT2D eigenvalue weighted by atomic mass is 10.4. The molecule has 2 aromatic carbocycles. The second kappa shape index (κ2) is 5.92. The number of hydrogen-bond donors (Lipinski definition) is 0. The largest absolute Gasteiger partial charge is 0.312 e. The van der Waals surface area contributed by atoms with E-state index in [4.69, 9.17) is 0 Å². The Balaban J connectivity index is 2.59. The van der Waals surface area contributed by atoms with Gasteiger partial charge in [-0.3, -0.25) is 4.18 Å². The van der Waals surface area contributed by atoms with E-state index < -0.39 is 22.8 Å². The monoisotopic (exact) mass is 310 g/mol. The molecule has 0 spiro atoms. The van der Waals surface area contributed by atoms with Gasteiger partial charge in [0.05, 0.1) is 7.11 Å². The summed E-state index contributed by atoms with van der Waals surface area (Å²) in [4.78, 5) is 0. The van der Waals surface area contributed by atoms with Crippen molar-refractivity contribution in [2.45, 2.75) is 0 Å². The van der Waals surface area contributed by atoms with Crippen LogP contribution >= 0.6 is 7.14 Å². The van der Waals surface area contributed by atoms with Crippen molar-refractivity contribution in [2.75, 3.05) is 12.6 Å². The minimum atomic E-state index is -3.84. The van der Waals surface area contributed by atoms with Crippen molar-refractivity contribution in [3.63, 3.8) is 0 Å². The molecule has 0 aromatic heterocycles. The number of rotatable bonds is 5. The Morgan fingerprint density at radius 3 is 1.65 bits per heavy atom. The normalized spacial score (nSPS) is 12.2. The van der Waals surface area contributed by atoms with Crippen molar-refractivity contribution in [1.82, 2.24) is 0 Å². The standard InChI is InChI=1S/C14H15O4PS/c1-18-20(16,17)12-19(15,13-8-4-2-5-9-13)14-10-6-3-7-11-14/h2-11H,12H2,1H3. The van der Waals surface area contributed by atoms with Crippen LogP contribution in [-0.2, 0) is 18.9 Å². The maximum atomic E-state index is 13.3. The average Bonchev–Trinajstić information content (AvgIpc) is 2.48. The molecule has 2 aromatic rings. The van der Waals surface area contributed by atoms with E-state index in [1.54, 1.807) is 60.7 Å². The zero-order chi connectivity index (χ0) is 14.6. The molecule has 106 valence electrons. The number of benzene rings is 2. The Morgan fingerprint density at radius 1 is 0.900 bits per heavy atom. The molecule has 20 heavy (non-hydrogen) atoms. The van der Waals surface area contributed by atoms with E-state index >= 15 is 0 Å². The van der Waals surface area contributed by atoms with Crippen LogP contribution in [0.1, 0.15) is 0 Å². The van der Waals surface area contributed by atoms with Gasteiger partial charge in [-0.15, -0.1) is 0 Å². The second-order valence-electron chi connectivity index (χ2n) is 4.26. The quantitative estimate of drug-likeness (QED) is 0.625. The predicted molar refractivity (Wildman–Crippen MR) is 80.6 cm³/mol. The fraction of sp³-hybridized carbons (Fsp3) is 0.143. The third kappa shape index (κ3) is 3.18. The fourth-order valence-electron chi connectivity index (χ4n) is 1.91. The highest BCUT2D eigenvalue weighted by Crippen LogP contribution is 2.44. The Bertz CT molecular complexity index is 668. The highest BCUT2D eigenvalue weighted by molar-refractivity contribution is 7.99. The minimum absolute atomic E-state index is 0.506. The molecule has 6 heteroatoms. The lowest BCUT2D eigenvalue weighted by Crippen LogP contribution is -2.23. The van der Waals surface area contributed by atoms with Crippen LogP contribution in [0.4, 0.5) is 0 Å². The van der Waals surface area contributed by atoms with Crippen molar-refractivity contribution >= 4 is 27.9 Å². The van der Waals surface area contributed by atoms with Crippen molar-refractivity contribution in [3.05, 3.63) is 60.7 Å². The van der Waals surface area contributed by atoms with Crippen LogP contribution in [0.3, 0.4) is 0 Å². The summed E-state index contributed by atoms with van der Waals surface area (Å²) in [5.41, 5.74) is -0.537. The summed E-state index contributed by atoms with van der Waals surface area (Å²) >= 11 is 0. The maximum Gasteiger partial charge on any atom is 0.274 e. The van der Waals surface area contributed by atoms with Gasteiger partial charge in [0.15, 0.2) is 7.14 Å². The van der Waals surface area contributed by atoms with E-state index in [1.807, 2.05) is 0 Å². The molecule has 0 aliphatic carbocycles. The van der Waals surface area contributed by atoms with Crippen molar-refractivity contribution in [3.8, 4) is 0 Å². The zero-order valence-electron chi connectivity index (χ0n) is 11.0. The van der Waals surface area contributed by atoms with E-state index in [0.29, 0.717) is 10.6 Å². The molecular weight excluding hydrogens is 295 g/mol. The van der Waals surface area contributed by atoms with Gasteiger partial charge in [-0.1, -0.05) is 60.7 Å². The third-order valence-corrected chi connectivity index (χ3v) is 8.43. The molecule has 0 aliphatic heterocycles. The lowest BCUT2D eigenvalue weighted by Gasteiger charge is -2.18. The van der Waals surface area contributed by atoms with Crippen LogP contribution < -0.4 is 10.6 Å². The van der Waals surface area contributed by atoms with Crippen molar-refractivity contribution in [2.24, 2.45) is 0 Å². The van der Waals surface area contributed by atoms with E-state index in [9.17, 15) is 13.0 Å². The lowest BCUT2D eigenvalue weighted by molar-refractivity contribution is 0.401. The van der Waals surface area contributed by atoms with Crippen LogP contribution in [0.25, 0.3) is 0 Å². The molecule has 0 heterocycles. The molecular formula is C14H15O4PS. The van der Waals surface area contributed by atoms with Gasteiger partial charge < -0.3 is 4.57 Å². The average molecular weight is 310 g/mol. The highest BCUT2D eigenvalue weighted by Gasteiger charge is 2.33. The first-order valence-corrected chi connectivity index (χ1v) is 9.43. The summed E-state index contributed by atoms with van der Waals surface area (Å²) in [7, 11) is -6.03. The predicted octanol–water partition coefficient (Wildman–Crippen LogP) is 1.93. The first-order valence-electron chi connectivity index (χ1n) is 5.96. The van der Waals surface area contributed by atoms with E-state index in [0.717, 1.165) is 7.11 Å². The summed E-state index contributed by atoms with van der Waals surface area (Å²) in [6.45, 7) is 0. The van der Waals surface area contributed by atoms with Crippen LogP contribution in [0, 0.1) is 0 Å². The molecule has 0 aliphatic rings. The third-order valence-electron chi connectivity index (χ3n) is 2.94. The first-order chi connectivity index (χ1) is 9.48. The van der Waals surface area contributed by atoms with Gasteiger partial charge in [-0.25, -0.2) is 0 Å². The Hall–Kier alpha value is -1.42. The Kier molecular flexibility index (Phi) is 4.43. The zero-order valence-corrected chi connectivity index (χ0v) is 12.7. The molecule has 0 N–H and O–H groups in total. The van der Waals surface area contributed by atoms with Crippen LogP contribution in [0.2, 0.25) is 0 Å². The summed E-state index contributed by atoms with van der Waals surface area (Å²) in [6.07, 6.45) is 0. The summed E-state index contributed by atoms with van der Waals surface area (Å²) < 4.78 is 41.3. The molecule has 0 saturated carbocycles. The molecule has 0 saturated heterocycles. The smallest absolute Gasteiger partial charge is 0.274 e. The summed E-state index contributed by atoms with van der Waals surface area (Å²) in [5, 5.41) is 1.01. The van der Waals surface area contributed by atoms with E-state index in [1.165, 1.54) is 0 Å². The molecule has 0 atom stereocenters. The highest BCUT2D eigenvalue weighted by atomic mass is 32.2. The Labute approximate surface area is 118 Å². The topological polar surface area (TPSA) is 60.4 Å². The fourth-order valence-corrected chi connectivity index (χ4v) is 6.91. The van der Waals surface area contributed by atoms with Gasteiger partial charge in [0.1, 0.15) is 5.49 Å². The van der Waals surface area contributed by atoms with Crippen LogP contribution in [0.15, 0.2) is 60.7 Å². The van der Waals surface area contributed by atoms with Gasteiger partial charge in [0.25, 0.3) is 10.1 Å². The second-order valence-corrected chi connectivity index (χ2v) is 9.26. The summed E-state index contributed by atoms with van der Waals surface area (Å²) in [5.74, 6) is 0. The van der Waals surface area contributed by atoms with Gasteiger partial charge >= 0.3 is 0 Å². The van der Waals surface area contributed by atoms with Crippen molar-refractivity contribution < 1.29 is 17.2 Å². The SMILES string of the molecule is COS(=O)(=O)CP(=O)(c1ccccc1)c1ccccc1. The first kappa shape index (κ1) is 15.0. The van der Waals surface area contributed by atoms with Gasteiger partial charge in [0.2, 0.25) is 0 Å². The van der Waals surface area contributed by atoms with E-state index in [2.05, 4.69) is 4.18 Å². The van der Waals surface area contributed by atoms with Gasteiger partial charge in [-0.2, -0.15) is 8.42 Å². The molecule has 0 bridgehead atoms. The van der Waals surface area contributed by atoms with Gasteiger partial charge in [-0.05, 0) is 0 Å². The van der Waals surface area contributed by atoms with Crippen molar-refractivity contribution in [1.29, 1.82) is 0 Å². The van der Waals surface area contributed by atoms with Gasteiger partial charge in [0, 0.05) is 10.6 Å². The minimum Gasteiger partial charge on any atom is -0.312 e. The molecule has 0 amide bonds.